The molecule has 1 saturated heterocycles. The van der Waals surface area contributed by atoms with E-state index in [-0.39, 0.29) is 17.8 Å². The Labute approximate surface area is 170 Å². The molecule has 160 valence electrons. The van der Waals surface area contributed by atoms with Crippen molar-refractivity contribution in [3.8, 4) is 11.5 Å². The number of benzene rings is 1. The summed E-state index contributed by atoms with van der Waals surface area (Å²) in [7, 11) is -2.39. The maximum Gasteiger partial charge on any atom is 0.308 e. The maximum absolute atomic E-state index is 13.0. The predicted octanol–water partition coefficient (Wildman–Crippen LogP) is 1.02. The number of hydrogen-bond donors (Lipinski definition) is 0. The highest BCUT2D eigenvalue weighted by Crippen LogP contribution is 2.35. The highest BCUT2D eigenvalue weighted by molar-refractivity contribution is 7.92. The van der Waals surface area contributed by atoms with Crippen molar-refractivity contribution in [2.45, 2.75) is 25.8 Å². The highest BCUT2D eigenvalue weighted by Gasteiger charge is 2.35. The van der Waals surface area contributed by atoms with Gasteiger partial charge >= 0.3 is 5.97 Å². The number of likely N-dealkylation sites (tertiary alicyclic amines) is 1. The SMILES string of the molecule is COC(=O)C1CCN(C(=O)[C@@H](C)N(c2ccc3c(c2)OCCO3)S(C)(=O)=O)CC1. The van der Waals surface area contributed by atoms with Gasteiger partial charge in [-0.15, -0.1) is 0 Å². The Balaban J connectivity index is 1.79. The molecule has 0 unspecified atom stereocenters. The first-order chi connectivity index (χ1) is 13.7. The summed E-state index contributed by atoms with van der Waals surface area (Å²) in [5.74, 6) is 0.161. The van der Waals surface area contributed by atoms with Crippen molar-refractivity contribution in [3.63, 3.8) is 0 Å². The van der Waals surface area contributed by atoms with Gasteiger partial charge in [0.05, 0.1) is 25.0 Å². The molecule has 2 aliphatic rings. The van der Waals surface area contributed by atoms with E-state index in [9.17, 15) is 18.0 Å². The molecule has 0 bridgehead atoms. The van der Waals surface area contributed by atoms with Crippen molar-refractivity contribution in [1.82, 2.24) is 4.90 Å². The molecule has 10 heteroatoms. The number of hydrogen-bond acceptors (Lipinski definition) is 7. The van der Waals surface area contributed by atoms with Crippen LogP contribution in [0.4, 0.5) is 5.69 Å². The van der Waals surface area contributed by atoms with E-state index in [1.807, 2.05) is 0 Å². The Morgan fingerprint density at radius 1 is 1.17 bits per heavy atom. The van der Waals surface area contributed by atoms with Crippen molar-refractivity contribution < 1.29 is 32.2 Å². The third-order valence-electron chi connectivity index (χ3n) is 5.19. The minimum Gasteiger partial charge on any atom is -0.486 e. The van der Waals surface area contributed by atoms with Gasteiger partial charge in [0, 0.05) is 19.2 Å². The molecular formula is C19H26N2O7S. The fourth-order valence-electron chi connectivity index (χ4n) is 3.74. The van der Waals surface area contributed by atoms with E-state index in [0.717, 1.165) is 10.6 Å². The van der Waals surface area contributed by atoms with Crippen LogP contribution >= 0.6 is 0 Å². The van der Waals surface area contributed by atoms with Gasteiger partial charge < -0.3 is 19.1 Å². The zero-order valence-electron chi connectivity index (χ0n) is 16.8. The lowest BCUT2D eigenvalue weighted by Crippen LogP contribution is -2.51. The summed E-state index contributed by atoms with van der Waals surface area (Å²) in [6.07, 6.45) is 2.05. The van der Waals surface area contributed by atoms with Crippen LogP contribution in [-0.2, 0) is 24.3 Å². The number of carbonyl (C=O) groups is 2. The molecule has 0 aliphatic carbocycles. The summed E-state index contributed by atoms with van der Waals surface area (Å²) in [6, 6.07) is 3.87. The van der Waals surface area contributed by atoms with Crippen LogP contribution in [-0.4, -0.2) is 70.9 Å². The zero-order chi connectivity index (χ0) is 21.2. The highest BCUT2D eigenvalue weighted by atomic mass is 32.2. The number of fused-ring (bicyclic) bond motifs is 1. The largest absolute Gasteiger partial charge is 0.486 e. The van der Waals surface area contributed by atoms with E-state index in [0.29, 0.717) is 56.3 Å². The van der Waals surface area contributed by atoms with Gasteiger partial charge in [-0.2, -0.15) is 0 Å². The second kappa shape index (κ2) is 8.48. The number of sulfonamides is 1. The van der Waals surface area contributed by atoms with E-state index < -0.39 is 16.1 Å². The fourth-order valence-corrected chi connectivity index (χ4v) is 4.90. The summed E-state index contributed by atoms with van der Waals surface area (Å²) in [5.41, 5.74) is 0.335. The van der Waals surface area contributed by atoms with Crippen molar-refractivity contribution in [3.05, 3.63) is 18.2 Å². The lowest BCUT2D eigenvalue weighted by Gasteiger charge is -2.36. The monoisotopic (exact) mass is 426 g/mol. The number of ether oxygens (including phenoxy) is 3. The summed E-state index contributed by atoms with van der Waals surface area (Å²) in [4.78, 5) is 26.3. The third kappa shape index (κ3) is 4.58. The van der Waals surface area contributed by atoms with Gasteiger partial charge in [-0.1, -0.05) is 0 Å². The van der Waals surface area contributed by atoms with Crippen LogP contribution in [0.5, 0.6) is 11.5 Å². The minimum absolute atomic E-state index is 0.233. The molecule has 0 spiro atoms. The topological polar surface area (TPSA) is 102 Å². The van der Waals surface area contributed by atoms with E-state index in [1.54, 1.807) is 30.0 Å². The quantitative estimate of drug-likeness (QED) is 0.648. The molecule has 1 atom stereocenters. The van der Waals surface area contributed by atoms with E-state index in [2.05, 4.69) is 0 Å². The summed E-state index contributed by atoms with van der Waals surface area (Å²) in [5, 5.41) is 0. The molecule has 0 N–H and O–H groups in total. The Kier molecular flexibility index (Phi) is 6.21. The third-order valence-corrected chi connectivity index (χ3v) is 6.43. The lowest BCUT2D eigenvalue weighted by molar-refractivity contribution is -0.149. The molecule has 0 saturated carbocycles. The van der Waals surface area contributed by atoms with Gasteiger partial charge in [-0.05, 0) is 31.9 Å². The molecule has 0 radical (unpaired) electrons. The van der Waals surface area contributed by atoms with E-state index in [4.69, 9.17) is 14.2 Å². The Hall–Kier alpha value is -2.49. The number of esters is 1. The first-order valence-electron chi connectivity index (χ1n) is 9.48. The van der Waals surface area contributed by atoms with Crippen LogP contribution in [0.1, 0.15) is 19.8 Å². The zero-order valence-corrected chi connectivity index (χ0v) is 17.6. The fraction of sp³-hybridized carbons (Fsp3) is 0.579. The molecule has 3 rings (SSSR count). The van der Waals surface area contributed by atoms with Crippen LogP contribution in [0.2, 0.25) is 0 Å². The van der Waals surface area contributed by atoms with Crippen LogP contribution in [0.3, 0.4) is 0 Å². The van der Waals surface area contributed by atoms with Gasteiger partial charge in [0.2, 0.25) is 15.9 Å². The van der Waals surface area contributed by atoms with Crippen LogP contribution in [0.25, 0.3) is 0 Å². The molecule has 1 aromatic rings. The Bertz CT molecular complexity index is 879. The van der Waals surface area contributed by atoms with Gasteiger partial charge in [0.15, 0.2) is 11.5 Å². The van der Waals surface area contributed by atoms with Crippen LogP contribution in [0, 0.1) is 5.92 Å². The number of methoxy groups -OCH3 is 1. The van der Waals surface area contributed by atoms with Gasteiger partial charge in [-0.25, -0.2) is 8.42 Å². The number of nitrogens with zero attached hydrogens (tertiary/aromatic N) is 2. The number of rotatable bonds is 5. The molecule has 2 heterocycles. The number of amides is 1. The van der Waals surface area contributed by atoms with E-state index >= 15 is 0 Å². The van der Waals surface area contributed by atoms with Crippen molar-refractivity contribution in [2.24, 2.45) is 5.92 Å². The maximum atomic E-state index is 13.0. The molecule has 1 aromatic carbocycles. The molecular weight excluding hydrogens is 400 g/mol. The standard InChI is InChI=1S/C19H26N2O7S/c1-13(18(22)20-8-6-14(7-9-20)19(23)26-2)21(29(3,24)25)15-4-5-16-17(12-15)28-11-10-27-16/h4-5,12-14H,6-11H2,1-3H3/t13-/m1/s1. The van der Waals surface area contributed by atoms with Gasteiger partial charge in [0.25, 0.3) is 0 Å². The van der Waals surface area contributed by atoms with Crippen molar-refractivity contribution >= 4 is 27.6 Å². The first-order valence-corrected chi connectivity index (χ1v) is 11.3. The average molecular weight is 426 g/mol. The Morgan fingerprint density at radius 3 is 2.38 bits per heavy atom. The normalized spacial score (nSPS) is 18.1. The first kappa shape index (κ1) is 21.2. The molecule has 9 nitrogen and oxygen atoms in total. The summed E-state index contributed by atoms with van der Waals surface area (Å²) >= 11 is 0. The lowest BCUT2D eigenvalue weighted by atomic mass is 9.96. The number of carbonyl (C=O) groups excluding carboxylic acids is 2. The summed E-state index contributed by atoms with van der Waals surface area (Å²) < 4.78 is 41.9. The molecule has 0 aromatic heterocycles. The second-order valence-electron chi connectivity index (χ2n) is 7.19. The summed E-state index contributed by atoms with van der Waals surface area (Å²) in [6.45, 7) is 3.12. The number of anilines is 1. The molecule has 2 aliphatic heterocycles. The van der Waals surface area contributed by atoms with Crippen LogP contribution < -0.4 is 13.8 Å². The predicted molar refractivity (Wildman–Crippen MR) is 106 cm³/mol. The molecule has 1 fully saturated rings. The minimum atomic E-state index is -3.74. The number of piperidine rings is 1. The van der Waals surface area contributed by atoms with Crippen molar-refractivity contribution in [2.75, 3.05) is 44.0 Å². The molecule has 29 heavy (non-hydrogen) atoms. The van der Waals surface area contributed by atoms with Gasteiger partial charge in [-0.3, -0.25) is 13.9 Å². The van der Waals surface area contributed by atoms with Crippen molar-refractivity contribution in [1.29, 1.82) is 0 Å². The smallest absolute Gasteiger partial charge is 0.308 e. The van der Waals surface area contributed by atoms with Gasteiger partial charge in [0.1, 0.15) is 19.3 Å². The Morgan fingerprint density at radius 2 is 1.79 bits per heavy atom. The average Bonchev–Trinajstić information content (AvgIpc) is 2.71. The molecule has 1 amide bonds. The second-order valence-corrected chi connectivity index (χ2v) is 9.04. The van der Waals surface area contributed by atoms with E-state index in [1.165, 1.54) is 7.11 Å². The van der Waals surface area contributed by atoms with Crippen LogP contribution in [0.15, 0.2) is 18.2 Å².